The van der Waals surface area contributed by atoms with E-state index in [4.69, 9.17) is 0 Å². The van der Waals surface area contributed by atoms with E-state index < -0.39 is 10.0 Å². The summed E-state index contributed by atoms with van der Waals surface area (Å²) >= 11 is 1.17. The lowest BCUT2D eigenvalue weighted by Gasteiger charge is -2.20. The lowest BCUT2D eigenvalue weighted by Crippen LogP contribution is -2.44. The second-order valence-electron chi connectivity index (χ2n) is 5.96. The van der Waals surface area contributed by atoms with Gasteiger partial charge in [0.25, 0.3) is 10.0 Å². The summed E-state index contributed by atoms with van der Waals surface area (Å²) in [5.74, 6) is 1.03. The normalized spacial score (nSPS) is 19.2. The molecule has 116 valence electrons. The van der Waals surface area contributed by atoms with Crippen LogP contribution in [0.1, 0.15) is 25.7 Å². The molecule has 2 aliphatic rings. The highest BCUT2D eigenvalue weighted by Crippen LogP contribution is 2.44. The van der Waals surface area contributed by atoms with E-state index in [1.165, 1.54) is 44.1 Å². The number of nitrogens with zero attached hydrogens (tertiary/aromatic N) is 1. The number of nitrogens with one attached hydrogen (secondary N) is 1. The standard InChI is InChI=1S/C14H20N2O3S2/c1-16(21(18,19)13-3-2-8-20-13)9-12(17)15-14(10-4-5-10)11-6-7-11/h2-3,8,10-11,14H,4-7,9H2,1H3,(H,15,17). The molecule has 1 N–H and O–H groups in total. The molecule has 1 aromatic heterocycles. The van der Waals surface area contributed by atoms with E-state index in [0.29, 0.717) is 11.8 Å². The number of hydrogen-bond acceptors (Lipinski definition) is 4. The van der Waals surface area contributed by atoms with Crippen molar-refractivity contribution in [3.8, 4) is 0 Å². The van der Waals surface area contributed by atoms with Crippen molar-refractivity contribution in [3.63, 3.8) is 0 Å². The predicted molar refractivity (Wildman–Crippen MR) is 81.5 cm³/mol. The first kappa shape index (κ1) is 15.0. The summed E-state index contributed by atoms with van der Waals surface area (Å²) in [7, 11) is -2.09. The summed E-state index contributed by atoms with van der Waals surface area (Å²) in [5.41, 5.74) is 0. The quantitative estimate of drug-likeness (QED) is 0.828. The Balaban J connectivity index is 1.59. The second-order valence-corrected chi connectivity index (χ2v) is 9.18. The lowest BCUT2D eigenvalue weighted by atomic mass is 10.1. The minimum absolute atomic E-state index is 0.115. The van der Waals surface area contributed by atoms with Crippen LogP contribution in [0.2, 0.25) is 0 Å². The van der Waals surface area contributed by atoms with Crippen molar-refractivity contribution in [2.24, 2.45) is 11.8 Å². The van der Waals surface area contributed by atoms with Crippen molar-refractivity contribution < 1.29 is 13.2 Å². The van der Waals surface area contributed by atoms with Crippen LogP contribution in [0.3, 0.4) is 0 Å². The van der Waals surface area contributed by atoms with Gasteiger partial charge in [-0.25, -0.2) is 8.42 Å². The maximum atomic E-state index is 12.3. The van der Waals surface area contributed by atoms with E-state index in [1.54, 1.807) is 17.5 Å². The summed E-state index contributed by atoms with van der Waals surface area (Å²) < 4.78 is 25.9. The fraction of sp³-hybridized carbons (Fsp3) is 0.643. The van der Waals surface area contributed by atoms with Gasteiger partial charge in [0.2, 0.25) is 5.91 Å². The van der Waals surface area contributed by atoms with Crippen LogP contribution >= 0.6 is 11.3 Å². The Hall–Kier alpha value is -0.920. The van der Waals surface area contributed by atoms with Crippen molar-refractivity contribution in [2.45, 2.75) is 35.9 Å². The molecule has 0 aromatic carbocycles. The van der Waals surface area contributed by atoms with Gasteiger partial charge in [-0.1, -0.05) is 6.07 Å². The SMILES string of the molecule is CN(CC(=O)NC(C1CC1)C1CC1)S(=O)(=O)c1cccs1. The van der Waals surface area contributed by atoms with Gasteiger partial charge in [-0.15, -0.1) is 11.3 Å². The predicted octanol–water partition coefficient (Wildman–Crippen LogP) is 1.67. The molecule has 21 heavy (non-hydrogen) atoms. The summed E-state index contributed by atoms with van der Waals surface area (Å²) in [6.07, 6.45) is 4.74. The first-order valence-electron chi connectivity index (χ1n) is 7.27. The third-order valence-electron chi connectivity index (χ3n) is 4.11. The molecule has 0 radical (unpaired) electrons. The number of thiophene rings is 1. The Labute approximate surface area is 129 Å². The Morgan fingerprint density at radius 3 is 2.48 bits per heavy atom. The average molecular weight is 328 g/mol. The van der Waals surface area contributed by atoms with Crippen molar-refractivity contribution in [1.82, 2.24) is 9.62 Å². The van der Waals surface area contributed by atoms with E-state index in [-0.39, 0.29) is 22.7 Å². The Bertz CT molecular complexity index is 592. The smallest absolute Gasteiger partial charge is 0.252 e. The van der Waals surface area contributed by atoms with Gasteiger partial charge in [0.05, 0.1) is 6.54 Å². The van der Waals surface area contributed by atoms with Crippen molar-refractivity contribution in [3.05, 3.63) is 17.5 Å². The van der Waals surface area contributed by atoms with Crippen LogP contribution in [-0.4, -0.2) is 38.3 Å². The molecule has 1 heterocycles. The fourth-order valence-corrected chi connectivity index (χ4v) is 4.94. The summed E-state index contributed by atoms with van der Waals surface area (Å²) in [6, 6.07) is 3.52. The van der Waals surface area contributed by atoms with Crippen LogP contribution in [0.15, 0.2) is 21.7 Å². The van der Waals surface area contributed by atoms with Crippen LogP contribution in [0.5, 0.6) is 0 Å². The Morgan fingerprint density at radius 1 is 1.38 bits per heavy atom. The van der Waals surface area contributed by atoms with Gasteiger partial charge in [0.1, 0.15) is 4.21 Å². The molecule has 1 aromatic rings. The molecule has 0 aliphatic heterocycles. The molecule has 0 saturated heterocycles. The van der Waals surface area contributed by atoms with Gasteiger partial charge in [-0.2, -0.15) is 4.31 Å². The first-order valence-corrected chi connectivity index (χ1v) is 9.59. The van der Waals surface area contributed by atoms with Gasteiger partial charge >= 0.3 is 0 Å². The van der Waals surface area contributed by atoms with Crippen LogP contribution in [0.4, 0.5) is 0 Å². The van der Waals surface area contributed by atoms with E-state index in [2.05, 4.69) is 5.32 Å². The van der Waals surface area contributed by atoms with Gasteiger partial charge in [0, 0.05) is 13.1 Å². The van der Waals surface area contributed by atoms with Crippen LogP contribution < -0.4 is 5.32 Å². The van der Waals surface area contributed by atoms with E-state index >= 15 is 0 Å². The minimum Gasteiger partial charge on any atom is -0.352 e. The lowest BCUT2D eigenvalue weighted by molar-refractivity contribution is -0.122. The van der Waals surface area contributed by atoms with Crippen molar-refractivity contribution >= 4 is 27.3 Å². The van der Waals surface area contributed by atoms with E-state index in [1.807, 2.05) is 0 Å². The Kier molecular flexibility index (Phi) is 4.07. The monoisotopic (exact) mass is 328 g/mol. The zero-order chi connectivity index (χ0) is 15.0. The number of likely N-dealkylation sites (N-methyl/N-ethyl adjacent to an activating group) is 1. The molecule has 5 nitrogen and oxygen atoms in total. The molecule has 2 aliphatic carbocycles. The molecule has 0 atom stereocenters. The molecule has 2 fully saturated rings. The largest absolute Gasteiger partial charge is 0.352 e. The minimum atomic E-state index is -3.54. The third-order valence-corrected chi connectivity index (χ3v) is 7.29. The van der Waals surface area contributed by atoms with Gasteiger partial charge in [-0.3, -0.25) is 4.79 Å². The van der Waals surface area contributed by atoms with Crippen LogP contribution in [0, 0.1) is 11.8 Å². The average Bonchev–Trinajstić information content (AvgIpc) is 3.36. The highest BCUT2D eigenvalue weighted by atomic mass is 32.2. The maximum Gasteiger partial charge on any atom is 0.252 e. The number of amides is 1. The molecule has 0 unspecified atom stereocenters. The molecule has 0 bridgehead atoms. The number of sulfonamides is 1. The fourth-order valence-electron chi connectivity index (χ4n) is 2.61. The molecular formula is C14H20N2O3S2. The molecule has 3 rings (SSSR count). The molecule has 2 saturated carbocycles. The Morgan fingerprint density at radius 2 is 2.00 bits per heavy atom. The summed E-state index contributed by atoms with van der Waals surface area (Å²) in [4.78, 5) is 12.1. The molecule has 7 heteroatoms. The molecule has 0 spiro atoms. The van der Waals surface area contributed by atoms with Crippen LogP contribution in [-0.2, 0) is 14.8 Å². The number of rotatable bonds is 7. The van der Waals surface area contributed by atoms with Crippen molar-refractivity contribution in [2.75, 3.05) is 13.6 Å². The topological polar surface area (TPSA) is 66.5 Å². The third kappa shape index (κ3) is 3.46. The highest BCUT2D eigenvalue weighted by molar-refractivity contribution is 7.91. The van der Waals surface area contributed by atoms with Crippen molar-refractivity contribution in [1.29, 1.82) is 0 Å². The first-order chi connectivity index (χ1) is 9.98. The van der Waals surface area contributed by atoms with Gasteiger partial charge < -0.3 is 5.32 Å². The zero-order valence-electron chi connectivity index (χ0n) is 12.0. The molecule has 1 amide bonds. The zero-order valence-corrected chi connectivity index (χ0v) is 13.6. The van der Waals surface area contributed by atoms with Crippen LogP contribution in [0.25, 0.3) is 0 Å². The second kappa shape index (κ2) is 5.70. The van der Waals surface area contributed by atoms with Gasteiger partial charge in [-0.05, 0) is 49.0 Å². The van der Waals surface area contributed by atoms with Gasteiger partial charge in [0.15, 0.2) is 0 Å². The van der Waals surface area contributed by atoms with E-state index in [9.17, 15) is 13.2 Å². The number of carbonyl (C=O) groups excluding carboxylic acids is 1. The number of carbonyl (C=O) groups is 1. The number of hydrogen-bond donors (Lipinski definition) is 1. The maximum absolute atomic E-state index is 12.3. The summed E-state index contributed by atoms with van der Waals surface area (Å²) in [6.45, 7) is -0.115. The molecular weight excluding hydrogens is 308 g/mol. The van der Waals surface area contributed by atoms with E-state index in [0.717, 1.165) is 4.31 Å². The summed E-state index contributed by atoms with van der Waals surface area (Å²) in [5, 5.41) is 4.77. The highest BCUT2D eigenvalue weighted by Gasteiger charge is 2.42.